The number of hydrogen-bond donors (Lipinski definition) is 1. The molecule has 0 aliphatic carbocycles. The van der Waals surface area contributed by atoms with E-state index in [-0.39, 0.29) is 22.7 Å². The van der Waals surface area contributed by atoms with E-state index in [0.29, 0.717) is 23.0 Å². The van der Waals surface area contributed by atoms with Crippen molar-refractivity contribution in [2.75, 3.05) is 0 Å². The van der Waals surface area contributed by atoms with Gasteiger partial charge in [0, 0.05) is 12.0 Å². The normalized spacial score (nSPS) is 17.4. The predicted molar refractivity (Wildman–Crippen MR) is 75.4 cm³/mol. The molecule has 20 heavy (non-hydrogen) atoms. The third kappa shape index (κ3) is 1.39. The smallest absolute Gasteiger partial charge is 0.204 e. The van der Waals surface area contributed by atoms with Crippen molar-refractivity contribution in [3.63, 3.8) is 0 Å². The van der Waals surface area contributed by atoms with Crippen LogP contribution in [0.5, 0.6) is 11.5 Å². The molecular formula is C16H12O4. The third-order valence-corrected chi connectivity index (χ3v) is 3.73. The van der Waals surface area contributed by atoms with Gasteiger partial charge in [0.1, 0.15) is 34.2 Å². The Bertz CT molecular complexity index is 908. The Labute approximate surface area is 114 Å². The molecule has 3 aromatic rings. The number of rotatable bonds is 0. The Hall–Kier alpha value is -2.49. The summed E-state index contributed by atoms with van der Waals surface area (Å²) in [5.41, 5.74) is 1.60. The third-order valence-electron chi connectivity index (χ3n) is 3.73. The van der Waals surface area contributed by atoms with E-state index in [1.165, 1.54) is 6.07 Å². The fourth-order valence-electron chi connectivity index (χ4n) is 2.88. The molecule has 0 saturated heterocycles. The Balaban J connectivity index is 2.23. The van der Waals surface area contributed by atoms with Gasteiger partial charge in [-0.1, -0.05) is 6.07 Å². The van der Waals surface area contributed by atoms with Gasteiger partial charge in [-0.15, -0.1) is 0 Å². The van der Waals surface area contributed by atoms with E-state index in [1.54, 1.807) is 18.2 Å². The van der Waals surface area contributed by atoms with Crippen molar-refractivity contribution in [3.8, 4) is 11.5 Å². The molecule has 1 N–H and O–H groups in total. The summed E-state index contributed by atoms with van der Waals surface area (Å²) in [5.74, 6) is 0.676. The minimum Gasteiger partial charge on any atom is -0.507 e. The van der Waals surface area contributed by atoms with Crippen LogP contribution in [0.25, 0.3) is 21.9 Å². The van der Waals surface area contributed by atoms with Crippen LogP contribution in [-0.2, 0) is 6.42 Å². The predicted octanol–water partition coefficient (Wildman–Crippen LogP) is 2.98. The van der Waals surface area contributed by atoms with Gasteiger partial charge in [-0.05, 0) is 31.2 Å². The highest BCUT2D eigenvalue weighted by Gasteiger charge is 2.24. The van der Waals surface area contributed by atoms with Crippen LogP contribution in [0.3, 0.4) is 0 Å². The van der Waals surface area contributed by atoms with Crippen LogP contribution in [0.1, 0.15) is 12.5 Å². The summed E-state index contributed by atoms with van der Waals surface area (Å²) in [6.45, 7) is 1.96. The van der Waals surface area contributed by atoms with Crippen molar-refractivity contribution in [2.24, 2.45) is 0 Å². The SMILES string of the molecule is CC1Cc2c(ccc3oc4cccc(O)c4c(=O)c23)O1. The summed E-state index contributed by atoms with van der Waals surface area (Å²) < 4.78 is 11.4. The quantitative estimate of drug-likeness (QED) is 0.637. The number of phenols is 1. The molecule has 100 valence electrons. The molecule has 4 rings (SSSR count). The van der Waals surface area contributed by atoms with Crippen molar-refractivity contribution in [3.05, 3.63) is 46.1 Å². The minimum absolute atomic E-state index is 0.0510. The zero-order chi connectivity index (χ0) is 13.9. The van der Waals surface area contributed by atoms with Gasteiger partial charge in [-0.3, -0.25) is 4.79 Å². The topological polar surface area (TPSA) is 59.7 Å². The first kappa shape index (κ1) is 11.3. The molecule has 0 spiro atoms. The molecule has 1 atom stereocenters. The summed E-state index contributed by atoms with van der Waals surface area (Å²) in [5, 5.41) is 10.7. The van der Waals surface area contributed by atoms with Crippen LogP contribution in [-0.4, -0.2) is 11.2 Å². The number of aromatic hydroxyl groups is 1. The highest BCUT2D eigenvalue weighted by atomic mass is 16.5. The second-order valence-corrected chi connectivity index (χ2v) is 5.13. The minimum atomic E-state index is -0.200. The van der Waals surface area contributed by atoms with E-state index in [0.717, 1.165) is 11.3 Å². The number of fused-ring (bicyclic) bond motifs is 4. The summed E-state index contributed by atoms with van der Waals surface area (Å²) in [7, 11) is 0. The fourth-order valence-corrected chi connectivity index (χ4v) is 2.88. The van der Waals surface area contributed by atoms with Crippen LogP contribution in [0.4, 0.5) is 0 Å². The summed E-state index contributed by atoms with van der Waals surface area (Å²) in [4.78, 5) is 12.7. The number of phenolic OH excluding ortho intramolecular Hbond substituents is 1. The summed E-state index contributed by atoms with van der Waals surface area (Å²) in [6, 6.07) is 8.41. The van der Waals surface area contributed by atoms with Crippen molar-refractivity contribution >= 4 is 21.9 Å². The summed E-state index contributed by atoms with van der Waals surface area (Å²) >= 11 is 0. The maximum Gasteiger partial charge on any atom is 0.204 e. The first-order valence-electron chi connectivity index (χ1n) is 6.52. The Morgan fingerprint density at radius 2 is 1.95 bits per heavy atom. The number of hydrogen-bond acceptors (Lipinski definition) is 4. The van der Waals surface area contributed by atoms with E-state index < -0.39 is 0 Å². The zero-order valence-corrected chi connectivity index (χ0v) is 10.8. The van der Waals surface area contributed by atoms with Crippen molar-refractivity contribution in [2.45, 2.75) is 19.4 Å². The molecule has 0 radical (unpaired) electrons. The van der Waals surface area contributed by atoms with E-state index in [1.807, 2.05) is 13.0 Å². The first-order valence-corrected chi connectivity index (χ1v) is 6.52. The molecule has 0 saturated carbocycles. The van der Waals surface area contributed by atoms with E-state index in [9.17, 15) is 9.90 Å². The Morgan fingerprint density at radius 3 is 2.80 bits per heavy atom. The molecule has 1 aromatic heterocycles. The van der Waals surface area contributed by atoms with E-state index in [2.05, 4.69) is 0 Å². The average Bonchev–Trinajstić information content (AvgIpc) is 2.78. The zero-order valence-electron chi connectivity index (χ0n) is 10.8. The van der Waals surface area contributed by atoms with Crippen LogP contribution in [0.15, 0.2) is 39.5 Å². The maximum absolute atomic E-state index is 12.7. The molecule has 0 amide bonds. The molecule has 4 heteroatoms. The average molecular weight is 268 g/mol. The van der Waals surface area contributed by atoms with Crippen LogP contribution < -0.4 is 10.2 Å². The summed E-state index contributed by atoms with van der Waals surface area (Å²) in [6.07, 6.45) is 0.728. The van der Waals surface area contributed by atoms with Crippen molar-refractivity contribution in [1.29, 1.82) is 0 Å². The van der Waals surface area contributed by atoms with Crippen LogP contribution in [0, 0.1) is 0 Å². The standard InChI is InChI=1S/C16H12O4/c1-8-7-9-11(19-8)5-6-13-14(9)16(18)15-10(17)3-2-4-12(15)20-13/h2-6,8,17H,7H2,1H3. The van der Waals surface area contributed by atoms with Crippen molar-refractivity contribution < 1.29 is 14.3 Å². The van der Waals surface area contributed by atoms with Gasteiger partial charge in [-0.25, -0.2) is 0 Å². The van der Waals surface area contributed by atoms with Crippen LogP contribution >= 0.6 is 0 Å². The van der Waals surface area contributed by atoms with E-state index >= 15 is 0 Å². The molecular weight excluding hydrogens is 256 g/mol. The lowest BCUT2D eigenvalue weighted by Gasteiger charge is -2.06. The van der Waals surface area contributed by atoms with Gasteiger partial charge in [0.15, 0.2) is 0 Å². The fraction of sp³-hybridized carbons (Fsp3) is 0.188. The van der Waals surface area contributed by atoms with Crippen molar-refractivity contribution in [1.82, 2.24) is 0 Å². The Morgan fingerprint density at radius 1 is 1.15 bits per heavy atom. The second-order valence-electron chi connectivity index (χ2n) is 5.13. The first-order chi connectivity index (χ1) is 9.65. The van der Waals surface area contributed by atoms with Gasteiger partial charge < -0.3 is 14.3 Å². The van der Waals surface area contributed by atoms with Gasteiger partial charge in [0.2, 0.25) is 5.43 Å². The second kappa shape index (κ2) is 3.76. The highest BCUT2D eigenvalue weighted by Crippen LogP contribution is 2.35. The monoisotopic (exact) mass is 268 g/mol. The Kier molecular flexibility index (Phi) is 2.13. The van der Waals surface area contributed by atoms with Gasteiger partial charge in [0.25, 0.3) is 0 Å². The molecule has 2 aromatic carbocycles. The lowest BCUT2D eigenvalue weighted by molar-refractivity contribution is 0.254. The molecule has 4 nitrogen and oxygen atoms in total. The van der Waals surface area contributed by atoms with Gasteiger partial charge >= 0.3 is 0 Å². The molecule has 2 heterocycles. The molecule has 1 aliphatic heterocycles. The molecule has 0 fully saturated rings. The lowest BCUT2D eigenvalue weighted by atomic mass is 10.0. The highest BCUT2D eigenvalue weighted by molar-refractivity contribution is 5.95. The largest absolute Gasteiger partial charge is 0.507 e. The van der Waals surface area contributed by atoms with E-state index in [4.69, 9.17) is 9.15 Å². The maximum atomic E-state index is 12.7. The molecule has 1 aliphatic rings. The molecule has 0 bridgehead atoms. The van der Waals surface area contributed by atoms with Crippen LogP contribution in [0.2, 0.25) is 0 Å². The van der Waals surface area contributed by atoms with Gasteiger partial charge in [-0.2, -0.15) is 0 Å². The molecule has 1 unspecified atom stereocenters. The number of ether oxygens (including phenoxy) is 1. The van der Waals surface area contributed by atoms with Gasteiger partial charge in [0.05, 0.1) is 5.39 Å². The lowest BCUT2D eigenvalue weighted by Crippen LogP contribution is -2.07. The number of benzene rings is 2.